The molecule has 0 aromatic rings. The topological polar surface area (TPSA) is 0 Å². The molecule has 4 fully saturated rings. The Bertz CT molecular complexity index is 283. The second-order valence-electron chi connectivity index (χ2n) is 7.50. The van der Waals surface area contributed by atoms with Crippen molar-refractivity contribution in [3.8, 4) is 0 Å². The second-order valence-corrected chi connectivity index (χ2v) is 10.4. The van der Waals surface area contributed by atoms with Crippen LogP contribution in [0.2, 0.25) is 0 Å². The van der Waals surface area contributed by atoms with Gasteiger partial charge >= 0.3 is 0 Å². The fraction of sp³-hybridized carbons (Fsp3) is 1.00. The minimum absolute atomic E-state index is 0.460. The summed E-state index contributed by atoms with van der Waals surface area (Å²) in [5.74, 6) is 0. The Morgan fingerprint density at radius 3 is 1.78 bits per heavy atom. The Labute approximate surface area is 114 Å². The van der Waals surface area contributed by atoms with Crippen LogP contribution in [0.1, 0.15) is 83.5 Å². The molecule has 1 aliphatic heterocycles. The Kier molecular flexibility index (Phi) is 3.23. The van der Waals surface area contributed by atoms with Gasteiger partial charge in [0.15, 0.2) is 0 Å². The van der Waals surface area contributed by atoms with Crippen molar-refractivity contribution in [2.75, 3.05) is 0 Å². The molecule has 1 spiro atoms. The number of hydrogen-bond donors (Lipinski definition) is 0. The Hall–Kier alpha value is 0.430. The standard InChI is InChI=1S/C17H29P/c1-2-8-14(9-3-1)18-15-10-4-6-12-17(15)13-7-5-11-16(17)18/h14-16H,1-13H2. The van der Waals surface area contributed by atoms with Crippen LogP contribution < -0.4 is 0 Å². The summed E-state index contributed by atoms with van der Waals surface area (Å²) in [6.07, 6.45) is 20.7. The first-order valence-corrected chi connectivity index (χ1v) is 10.2. The molecule has 0 N–H and O–H groups in total. The van der Waals surface area contributed by atoms with Crippen molar-refractivity contribution in [1.29, 1.82) is 0 Å². The lowest BCUT2D eigenvalue weighted by molar-refractivity contribution is 0.102. The van der Waals surface area contributed by atoms with Crippen LogP contribution >= 0.6 is 7.92 Å². The zero-order valence-electron chi connectivity index (χ0n) is 11.9. The predicted octanol–water partition coefficient (Wildman–Crippen LogP) is 5.69. The van der Waals surface area contributed by atoms with Crippen LogP contribution in [-0.4, -0.2) is 17.0 Å². The van der Waals surface area contributed by atoms with E-state index in [0.717, 1.165) is 5.41 Å². The van der Waals surface area contributed by atoms with Crippen LogP contribution in [0.3, 0.4) is 0 Å². The maximum atomic E-state index is 1.64. The van der Waals surface area contributed by atoms with Gasteiger partial charge in [-0.2, -0.15) is 0 Å². The zero-order chi connectivity index (χ0) is 12.0. The van der Waals surface area contributed by atoms with Crippen molar-refractivity contribution < 1.29 is 0 Å². The van der Waals surface area contributed by atoms with E-state index in [1.807, 2.05) is 0 Å². The molecule has 3 saturated carbocycles. The summed E-state index contributed by atoms with van der Waals surface area (Å²) in [4.78, 5) is 0. The summed E-state index contributed by atoms with van der Waals surface area (Å²) in [5, 5.41) is 0. The molecule has 3 aliphatic carbocycles. The van der Waals surface area contributed by atoms with E-state index < -0.39 is 0 Å². The summed E-state index contributed by atoms with van der Waals surface area (Å²) in [5.41, 5.74) is 4.62. The third kappa shape index (κ3) is 1.67. The van der Waals surface area contributed by atoms with E-state index >= 15 is 0 Å². The van der Waals surface area contributed by atoms with Gasteiger partial charge < -0.3 is 0 Å². The fourth-order valence-corrected chi connectivity index (χ4v) is 11.3. The quantitative estimate of drug-likeness (QED) is 0.534. The monoisotopic (exact) mass is 264 g/mol. The molecule has 4 aliphatic rings. The van der Waals surface area contributed by atoms with Crippen LogP contribution in [-0.2, 0) is 0 Å². The third-order valence-electron chi connectivity index (χ3n) is 6.78. The normalized spacial score (nSPS) is 49.0. The molecule has 0 aromatic carbocycles. The van der Waals surface area contributed by atoms with Crippen LogP contribution in [0.5, 0.6) is 0 Å². The molecule has 102 valence electrons. The zero-order valence-corrected chi connectivity index (χ0v) is 12.8. The fourth-order valence-electron chi connectivity index (χ4n) is 6.09. The predicted molar refractivity (Wildman–Crippen MR) is 80.7 cm³/mol. The van der Waals surface area contributed by atoms with E-state index in [4.69, 9.17) is 0 Å². The van der Waals surface area contributed by atoms with Crippen molar-refractivity contribution in [3.63, 3.8) is 0 Å². The smallest absolute Gasteiger partial charge is 0.0141 e. The van der Waals surface area contributed by atoms with Gasteiger partial charge in [-0.25, -0.2) is 0 Å². The lowest BCUT2D eigenvalue weighted by Gasteiger charge is -2.69. The lowest BCUT2D eigenvalue weighted by atomic mass is 9.63. The number of hydrogen-bond acceptors (Lipinski definition) is 0. The Morgan fingerprint density at radius 1 is 0.611 bits per heavy atom. The van der Waals surface area contributed by atoms with Crippen molar-refractivity contribution in [2.24, 2.45) is 5.41 Å². The van der Waals surface area contributed by atoms with Gasteiger partial charge in [0, 0.05) is 0 Å². The van der Waals surface area contributed by atoms with E-state index in [0.29, 0.717) is 7.92 Å². The Morgan fingerprint density at radius 2 is 1.17 bits per heavy atom. The van der Waals surface area contributed by atoms with Crippen molar-refractivity contribution in [1.82, 2.24) is 0 Å². The van der Waals surface area contributed by atoms with Crippen molar-refractivity contribution in [3.05, 3.63) is 0 Å². The second kappa shape index (κ2) is 4.76. The largest absolute Gasteiger partial charge is 0.0960 e. The van der Waals surface area contributed by atoms with Gasteiger partial charge in [-0.3, -0.25) is 0 Å². The first kappa shape index (κ1) is 12.2. The minimum atomic E-state index is 0.460. The molecule has 0 bridgehead atoms. The highest BCUT2D eigenvalue weighted by molar-refractivity contribution is 7.61. The summed E-state index contributed by atoms with van der Waals surface area (Å²) >= 11 is 0. The van der Waals surface area contributed by atoms with Gasteiger partial charge in [-0.05, 0) is 60.9 Å². The SMILES string of the molecule is C1CCC(P2C3CCCCC34CCCCC24)CC1. The molecular weight excluding hydrogens is 235 g/mol. The van der Waals surface area contributed by atoms with E-state index in [1.165, 1.54) is 17.0 Å². The minimum Gasteiger partial charge on any atom is -0.0960 e. The molecule has 0 amide bonds. The molecule has 18 heavy (non-hydrogen) atoms. The highest BCUT2D eigenvalue weighted by Gasteiger charge is 2.62. The first-order chi connectivity index (χ1) is 8.92. The highest BCUT2D eigenvalue weighted by Crippen LogP contribution is 2.80. The average molecular weight is 264 g/mol. The molecular formula is C17H29P. The van der Waals surface area contributed by atoms with Gasteiger partial charge in [0.2, 0.25) is 0 Å². The molecule has 2 atom stereocenters. The molecule has 4 rings (SSSR count). The van der Waals surface area contributed by atoms with Crippen LogP contribution in [0, 0.1) is 5.41 Å². The molecule has 0 radical (unpaired) electrons. The molecule has 0 nitrogen and oxygen atoms in total. The molecule has 1 saturated heterocycles. The highest BCUT2D eigenvalue weighted by atomic mass is 31.1. The van der Waals surface area contributed by atoms with Crippen LogP contribution in [0.4, 0.5) is 0 Å². The van der Waals surface area contributed by atoms with E-state index in [2.05, 4.69) is 0 Å². The van der Waals surface area contributed by atoms with Gasteiger partial charge in [-0.1, -0.05) is 52.9 Å². The van der Waals surface area contributed by atoms with Gasteiger partial charge in [0.25, 0.3) is 0 Å². The van der Waals surface area contributed by atoms with E-state index in [9.17, 15) is 0 Å². The van der Waals surface area contributed by atoms with E-state index in [1.54, 1.807) is 83.5 Å². The van der Waals surface area contributed by atoms with Gasteiger partial charge in [0.05, 0.1) is 0 Å². The van der Waals surface area contributed by atoms with Crippen LogP contribution in [0.15, 0.2) is 0 Å². The summed E-state index contributed by atoms with van der Waals surface area (Å²) < 4.78 is 0. The third-order valence-corrected chi connectivity index (χ3v) is 11.1. The average Bonchev–Trinajstić information content (AvgIpc) is 2.40. The Balaban J connectivity index is 1.56. The summed E-state index contributed by atoms with van der Waals surface area (Å²) in [7, 11) is 0.460. The molecule has 0 aromatic heterocycles. The summed E-state index contributed by atoms with van der Waals surface area (Å²) in [6.45, 7) is 0. The van der Waals surface area contributed by atoms with Crippen molar-refractivity contribution in [2.45, 2.75) is 100 Å². The van der Waals surface area contributed by atoms with E-state index in [-0.39, 0.29) is 0 Å². The van der Waals surface area contributed by atoms with Crippen molar-refractivity contribution >= 4 is 7.92 Å². The maximum absolute atomic E-state index is 1.64. The molecule has 1 heterocycles. The number of rotatable bonds is 1. The van der Waals surface area contributed by atoms with Gasteiger partial charge in [-0.15, -0.1) is 0 Å². The molecule has 2 unspecified atom stereocenters. The first-order valence-electron chi connectivity index (χ1n) is 8.69. The molecule has 1 heteroatoms. The van der Waals surface area contributed by atoms with Gasteiger partial charge in [0.1, 0.15) is 0 Å². The summed E-state index contributed by atoms with van der Waals surface area (Å²) in [6, 6.07) is 0. The lowest BCUT2D eigenvalue weighted by Crippen LogP contribution is -2.59. The van der Waals surface area contributed by atoms with Crippen LogP contribution in [0.25, 0.3) is 0 Å². The maximum Gasteiger partial charge on any atom is -0.0141 e.